The summed E-state index contributed by atoms with van der Waals surface area (Å²) in [7, 11) is 0. The van der Waals surface area contributed by atoms with Crippen molar-refractivity contribution in [3.8, 4) is 0 Å². The number of fused-ring (bicyclic) bond motifs is 1. The predicted octanol–water partition coefficient (Wildman–Crippen LogP) is 2.12. The van der Waals surface area contributed by atoms with E-state index in [1.54, 1.807) is 28.9 Å². The maximum Gasteiger partial charge on any atom is 0.253 e. The van der Waals surface area contributed by atoms with Crippen LogP contribution in [0.2, 0.25) is 5.02 Å². The second kappa shape index (κ2) is 4.35. The van der Waals surface area contributed by atoms with Crippen LogP contribution in [0.3, 0.4) is 0 Å². The Morgan fingerprint density at radius 2 is 2.12 bits per heavy atom. The van der Waals surface area contributed by atoms with E-state index in [0.29, 0.717) is 16.4 Å². The van der Waals surface area contributed by atoms with Crippen molar-refractivity contribution in [2.45, 2.75) is 18.9 Å². The van der Waals surface area contributed by atoms with Crippen molar-refractivity contribution in [3.05, 3.63) is 35.2 Å². The molecule has 0 aliphatic rings. The van der Waals surface area contributed by atoms with Crippen molar-refractivity contribution in [1.82, 2.24) is 9.38 Å². The molecule has 2 aromatic rings. The number of pyridine rings is 1. The third-order valence-electron chi connectivity index (χ3n) is 2.23. The number of hydrogen-bond donors (Lipinski definition) is 1. The van der Waals surface area contributed by atoms with Crippen molar-refractivity contribution in [2.24, 2.45) is 5.73 Å². The highest BCUT2D eigenvalue weighted by Gasteiger charge is 2.17. The minimum Gasteiger partial charge on any atom is -0.323 e. The Kier molecular flexibility index (Phi) is 3.07. The van der Waals surface area contributed by atoms with Crippen LogP contribution in [-0.2, 0) is 6.42 Å². The molecule has 0 aromatic carbocycles. The maximum absolute atomic E-state index is 12.3. The van der Waals surface area contributed by atoms with Gasteiger partial charge in [-0.3, -0.25) is 0 Å². The van der Waals surface area contributed by atoms with Gasteiger partial charge in [-0.15, -0.1) is 0 Å². The highest BCUT2D eigenvalue weighted by Crippen LogP contribution is 2.13. The van der Waals surface area contributed by atoms with Crippen LogP contribution in [-0.4, -0.2) is 21.9 Å². The zero-order chi connectivity index (χ0) is 11.7. The quantitative estimate of drug-likeness (QED) is 0.900. The summed E-state index contributed by atoms with van der Waals surface area (Å²) in [5.41, 5.74) is 6.48. The molecule has 0 saturated heterocycles. The minimum absolute atomic E-state index is 0.0525. The van der Waals surface area contributed by atoms with Gasteiger partial charge in [0.05, 0.1) is 16.8 Å². The lowest BCUT2D eigenvalue weighted by Gasteiger charge is -2.06. The third kappa shape index (κ3) is 2.31. The molecule has 0 aliphatic carbocycles. The minimum atomic E-state index is -2.53. The molecule has 2 aromatic heterocycles. The molecule has 0 fully saturated rings. The smallest absolute Gasteiger partial charge is 0.253 e. The number of aromatic nitrogens is 2. The Labute approximate surface area is 95.8 Å². The van der Waals surface area contributed by atoms with Crippen LogP contribution < -0.4 is 5.73 Å². The SMILES string of the molecule is NC(Cc1cn2cc(Cl)ccc2n1)C(F)F. The second-order valence-electron chi connectivity index (χ2n) is 3.55. The van der Waals surface area contributed by atoms with E-state index in [-0.39, 0.29) is 6.42 Å². The van der Waals surface area contributed by atoms with Crippen LogP contribution in [0.15, 0.2) is 24.5 Å². The summed E-state index contributed by atoms with van der Waals surface area (Å²) in [6.45, 7) is 0. The molecule has 0 amide bonds. The molecule has 0 saturated carbocycles. The van der Waals surface area contributed by atoms with Crippen LogP contribution in [0.4, 0.5) is 8.78 Å². The molecule has 0 spiro atoms. The molecule has 6 heteroatoms. The van der Waals surface area contributed by atoms with Crippen LogP contribution in [0.25, 0.3) is 5.65 Å². The van der Waals surface area contributed by atoms with E-state index in [1.807, 2.05) is 0 Å². The molecule has 0 radical (unpaired) electrons. The Morgan fingerprint density at radius 3 is 2.81 bits per heavy atom. The van der Waals surface area contributed by atoms with Gasteiger partial charge in [0.2, 0.25) is 0 Å². The molecule has 2 rings (SSSR count). The molecular weight excluding hydrogens is 236 g/mol. The third-order valence-corrected chi connectivity index (χ3v) is 2.46. The second-order valence-corrected chi connectivity index (χ2v) is 3.98. The molecule has 1 atom stereocenters. The van der Waals surface area contributed by atoms with Crippen molar-refractivity contribution in [2.75, 3.05) is 0 Å². The van der Waals surface area contributed by atoms with Gasteiger partial charge in [-0.2, -0.15) is 0 Å². The first-order valence-corrected chi connectivity index (χ1v) is 5.11. The van der Waals surface area contributed by atoms with Crippen LogP contribution in [0.5, 0.6) is 0 Å². The summed E-state index contributed by atoms with van der Waals surface area (Å²) in [5, 5.41) is 0.564. The molecule has 0 bridgehead atoms. The summed E-state index contributed by atoms with van der Waals surface area (Å²) in [6, 6.07) is 2.24. The van der Waals surface area contributed by atoms with Crippen molar-refractivity contribution in [3.63, 3.8) is 0 Å². The summed E-state index contributed by atoms with van der Waals surface area (Å²) < 4.78 is 26.2. The number of imidazole rings is 1. The first-order chi connectivity index (χ1) is 7.56. The van der Waals surface area contributed by atoms with Gasteiger partial charge in [0.15, 0.2) is 0 Å². The lowest BCUT2D eigenvalue weighted by molar-refractivity contribution is 0.115. The fraction of sp³-hybridized carbons (Fsp3) is 0.300. The first kappa shape index (κ1) is 11.3. The molecule has 86 valence electrons. The zero-order valence-corrected chi connectivity index (χ0v) is 9.03. The van der Waals surface area contributed by atoms with E-state index in [1.165, 1.54) is 0 Å². The van der Waals surface area contributed by atoms with Gasteiger partial charge in [0, 0.05) is 18.8 Å². The van der Waals surface area contributed by atoms with Gasteiger partial charge in [0.1, 0.15) is 5.65 Å². The standard InChI is InChI=1S/C10H10ClF2N3/c11-6-1-2-9-15-7(5-16(9)4-6)3-8(14)10(12)13/h1-2,4-5,8,10H,3,14H2. The number of nitrogens with two attached hydrogens (primary N) is 1. The molecule has 0 aliphatic heterocycles. The number of nitrogens with zero attached hydrogens (tertiary/aromatic N) is 2. The van der Waals surface area contributed by atoms with Crippen molar-refractivity contribution in [1.29, 1.82) is 0 Å². The lowest BCUT2D eigenvalue weighted by atomic mass is 10.2. The summed E-state index contributed by atoms with van der Waals surface area (Å²) in [5.74, 6) is 0. The molecule has 3 nitrogen and oxygen atoms in total. The van der Waals surface area contributed by atoms with E-state index >= 15 is 0 Å². The average Bonchev–Trinajstić information content (AvgIpc) is 2.58. The highest BCUT2D eigenvalue weighted by molar-refractivity contribution is 6.30. The fourth-order valence-corrected chi connectivity index (χ4v) is 1.61. The fourth-order valence-electron chi connectivity index (χ4n) is 1.45. The van der Waals surface area contributed by atoms with Gasteiger partial charge in [-0.05, 0) is 12.1 Å². The van der Waals surface area contributed by atoms with Gasteiger partial charge in [-0.1, -0.05) is 11.6 Å². The number of rotatable bonds is 3. The normalized spacial score (nSPS) is 13.6. The largest absolute Gasteiger partial charge is 0.323 e. The number of hydrogen-bond acceptors (Lipinski definition) is 2. The average molecular weight is 246 g/mol. The van der Waals surface area contributed by atoms with Gasteiger partial charge in [0.25, 0.3) is 6.43 Å². The van der Waals surface area contributed by atoms with Crippen molar-refractivity contribution >= 4 is 17.2 Å². The van der Waals surface area contributed by atoms with E-state index in [2.05, 4.69) is 4.98 Å². The van der Waals surface area contributed by atoms with E-state index in [9.17, 15) is 8.78 Å². The van der Waals surface area contributed by atoms with Gasteiger partial charge < -0.3 is 10.1 Å². The maximum atomic E-state index is 12.3. The van der Waals surface area contributed by atoms with Crippen LogP contribution in [0, 0.1) is 0 Å². The van der Waals surface area contributed by atoms with Crippen LogP contribution in [0.1, 0.15) is 5.69 Å². The van der Waals surface area contributed by atoms with E-state index in [4.69, 9.17) is 17.3 Å². The van der Waals surface area contributed by atoms with Gasteiger partial charge in [-0.25, -0.2) is 13.8 Å². The molecule has 2 N–H and O–H groups in total. The topological polar surface area (TPSA) is 43.3 Å². The number of alkyl halides is 2. The number of halogens is 3. The summed E-state index contributed by atoms with van der Waals surface area (Å²) in [6.07, 6.45) is 0.843. The molecule has 2 heterocycles. The molecule has 1 unspecified atom stereocenters. The molecular formula is C10H10ClF2N3. The Balaban J connectivity index is 2.26. The summed E-state index contributed by atoms with van der Waals surface area (Å²) >= 11 is 5.79. The Morgan fingerprint density at radius 1 is 1.38 bits per heavy atom. The Bertz CT molecular complexity index is 498. The summed E-state index contributed by atoms with van der Waals surface area (Å²) in [4.78, 5) is 4.17. The van der Waals surface area contributed by atoms with E-state index < -0.39 is 12.5 Å². The zero-order valence-electron chi connectivity index (χ0n) is 8.28. The highest BCUT2D eigenvalue weighted by atomic mass is 35.5. The monoisotopic (exact) mass is 245 g/mol. The molecule has 16 heavy (non-hydrogen) atoms. The van der Waals surface area contributed by atoms with Gasteiger partial charge >= 0.3 is 0 Å². The van der Waals surface area contributed by atoms with Crippen molar-refractivity contribution < 1.29 is 8.78 Å². The lowest BCUT2D eigenvalue weighted by Crippen LogP contribution is -2.31. The van der Waals surface area contributed by atoms with Crippen LogP contribution >= 0.6 is 11.6 Å². The predicted molar refractivity (Wildman–Crippen MR) is 57.9 cm³/mol. The van der Waals surface area contributed by atoms with E-state index in [0.717, 1.165) is 0 Å². The first-order valence-electron chi connectivity index (χ1n) is 4.73. The Hall–Kier alpha value is -1.20.